The summed E-state index contributed by atoms with van der Waals surface area (Å²) in [7, 11) is 1.67. The number of piperazine rings is 1. The van der Waals surface area contributed by atoms with Crippen molar-refractivity contribution in [2.75, 3.05) is 40.1 Å². The molecule has 2 aliphatic heterocycles. The predicted molar refractivity (Wildman–Crippen MR) is 144 cm³/mol. The van der Waals surface area contributed by atoms with Gasteiger partial charge in [-0.3, -0.25) is 9.69 Å². The molecule has 2 aliphatic rings. The van der Waals surface area contributed by atoms with E-state index in [0.29, 0.717) is 19.5 Å². The van der Waals surface area contributed by atoms with E-state index < -0.39 is 0 Å². The maximum atomic E-state index is 13.6. The van der Waals surface area contributed by atoms with Crippen LogP contribution in [0.1, 0.15) is 34.7 Å². The maximum absolute atomic E-state index is 13.6. The van der Waals surface area contributed by atoms with E-state index in [1.54, 1.807) is 7.11 Å². The topological polar surface area (TPSA) is 68.5 Å². The highest BCUT2D eigenvalue weighted by atomic mass is 16.7. The molecule has 1 amide bonds. The van der Waals surface area contributed by atoms with Gasteiger partial charge in [0, 0.05) is 57.5 Å². The van der Waals surface area contributed by atoms with Crippen LogP contribution in [0.15, 0.2) is 67.0 Å². The highest BCUT2D eigenvalue weighted by molar-refractivity contribution is 5.78. The number of amides is 1. The molecule has 2 aromatic heterocycles. The van der Waals surface area contributed by atoms with Gasteiger partial charge in [0.05, 0.1) is 12.8 Å². The summed E-state index contributed by atoms with van der Waals surface area (Å²) in [5, 5.41) is 0. The molecule has 0 aliphatic carbocycles. The number of pyridine rings is 1. The molecule has 1 unspecified atom stereocenters. The van der Waals surface area contributed by atoms with E-state index in [2.05, 4.69) is 45.5 Å². The molecule has 4 heterocycles. The van der Waals surface area contributed by atoms with Crippen LogP contribution < -0.4 is 14.2 Å². The Morgan fingerprint density at radius 3 is 2.71 bits per heavy atom. The van der Waals surface area contributed by atoms with Gasteiger partial charge in [-0.05, 0) is 53.9 Å². The molecule has 0 N–H and O–H groups in total. The summed E-state index contributed by atoms with van der Waals surface area (Å²) in [6.45, 7) is 6.25. The van der Waals surface area contributed by atoms with Crippen molar-refractivity contribution in [2.24, 2.45) is 0 Å². The summed E-state index contributed by atoms with van der Waals surface area (Å²) < 4.78 is 18.5. The van der Waals surface area contributed by atoms with Gasteiger partial charge in [-0.25, -0.2) is 4.98 Å². The lowest BCUT2D eigenvalue weighted by atomic mass is 9.91. The quantitative estimate of drug-likeness (QED) is 0.369. The average Bonchev–Trinajstić information content (AvgIpc) is 3.60. The van der Waals surface area contributed by atoms with Crippen LogP contribution in [0.4, 0.5) is 0 Å². The number of aryl methyl sites for hydroxylation is 1. The smallest absolute Gasteiger partial charge is 0.231 e. The molecule has 4 aromatic rings. The highest BCUT2D eigenvalue weighted by Crippen LogP contribution is 2.34. The van der Waals surface area contributed by atoms with E-state index in [1.165, 1.54) is 5.56 Å². The fourth-order valence-corrected chi connectivity index (χ4v) is 5.44. The fraction of sp³-hybridized carbons (Fsp3) is 0.333. The standard InChI is InChI=1S/C30H32N4O4/c1-21-5-4-10-34-26(18-31-30(21)34)25(23-6-3-7-24(16-23)36-2)17-29(35)33-13-11-32(12-14-33)19-22-8-9-27-28(15-22)38-20-37-27/h3-10,15-16,18,25H,11-14,17,19-20H2,1-2H3. The Balaban J connectivity index is 1.17. The zero-order valence-corrected chi connectivity index (χ0v) is 21.8. The van der Waals surface area contributed by atoms with Crippen molar-refractivity contribution in [1.82, 2.24) is 19.2 Å². The number of fused-ring (bicyclic) bond motifs is 2. The van der Waals surface area contributed by atoms with Gasteiger partial charge in [0.25, 0.3) is 0 Å². The van der Waals surface area contributed by atoms with Crippen molar-refractivity contribution < 1.29 is 19.0 Å². The highest BCUT2D eigenvalue weighted by Gasteiger charge is 2.28. The number of hydrogen-bond donors (Lipinski definition) is 0. The Bertz CT molecular complexity index is 1460. The number of rotatable bonds is 7. The molecule has 0 saturated carbocycles. The Hall–Kier alpha value is -4.04. The number of carbonyl (C=O) groups excluding carboxylic acids is 1. The summed E-state index contributed by atoms with van der Waals surface area (Å²) in [5.74, 6) is 2.41. The molecule has 1 saturated heterocycles. The Morgan fingerprint density at radius 2 is 1.87 bits per heavy atom. The lowest BCUT2D eigenvalue weighted by molar-refractivity contribution is -0.133. The molecule has 0 spiro atoms. The summed E-state index contributed by atoms with van der Waals surface area (Å²) in [6, 6.07) is 18.2. The molecule has 0 bridgehead atoms. The largest absolute Gasteiger partial charge is 0.497 e. The maximum Gasteiger partial charge on any atom is 0.231 e. The second-order valence-corrected chi connectivity index (χ2v) is 9.95. The molecule has 6 rings (SSSR count). The minimum absolute atomic E-state index is 0.138. The first-order valence-corrected chi connectivity index (χ1v) is 13.0. The predicted octanol–water partition coefficient (Wildman–Crippen LogP) is 4.25. The molecule has 1 atom stereocenters. The third kappa shape index (κ3) is 4.79. The van der Waals surface area contributed by atoms with Gasteiger partial charge in [0.2, 0.25) is 12.7 Å². The molecule has 196 valence electrons. The fourth-order valence-electron chi connectivity index (χ4n) is 5.44. The zero-order valence-electron chi connectivity index (χ0n) is 21.8. The molecule has 8 nitrogen and oxygen atoms in total. The number of hydrogen-bond acceptors (Lipinski definition) is 6. The van der Waals surface area contributed by atoms with E-state index in [1.807, 2.05) is 47.6 Å². The molecule has 8 heteroatoms. The van der Waals surface area contributed by atoms with Crippen molar-refractivity contribution >= 4 is 11.6 Å². The zero-order chi connectivity index (χ0) is 26.1. The van der Waals surface area contributed by atoms with Gasteiger partial charge < -0.3 is 23.5 Å². The van der Waals surface area contributed by atoms with Crippen LogP contribution in [-0.4, -0.2) is 65.2 Å². The molecule has 0 radical (unpaired) electrons. The first-order valence-electron chi connectivity index (χ1n) is 13.0. The van der Waals surface area contributed by atoms with Crippen molar-refractivity contribution in [3.05, 3.63) is 89.4 Å². The van der Waals surface area contributed by atoms with Crippen LogP contribution in [0.25, 0.3) is 5.65 Å². The number of nitrogens with zero attached hydrogens (tertiary/aromatic N) is 4. The number of ether oxygens (including phenoxy) is 3. The molecule has 38 heavy (non-hydrogen) atoms. The van der Waals surface area contributed by atoms with Gasteiger partial charge in [-0.2, -0.15) is 0 Å². The number of carbonyl (C=O) groups is 1. The number of methoxy groups -OCH3 is 1. The van der Waals surface area contributed by atoms with Crippen molar-refractivity contribution in [3.63, 3.8) is 0 Å². The van der Waals surface area contributed by atoms with Gasteiger partial charge in [-0.1, -0.05) is 24.3 Å². The van der Waals surface area contributed by atoms with Crippen LogP contribution in [0, 0.1) is 6.92 Å². The summed E-state index contributed by atoms with van der Waals surface area (Å²) in [6.07, 6.45) is 4.30. The summed E-state index contributed by atoms with van der Waals surface area (Å²) >= 11 is 0. The first kappa shape index (κ1) is 24.3. The summed E-state index contributed by atoms with van der Waals surface area (Å²) in [5.41, 5.74) is 5.26. The second kappa shape index (κ2) is 10.4. The van der Waals surface area contributed by atoms with Crippen LogP contribution in [0.3, 0.4) is 0 Å². The minimum Gasteiger partial charge on any atom is -0.497 e. The van der Waals surface area contributed by atoms with Gasteiger partial charge in [-0.15, -0.1) is 0 Å². The normalized spacial score (nSPS) is 16.1. The monoisotopic (exact) mass is 512 g/mol. The Kier molecular flexibility index (Phi) is 6.64. The Labute approximate surface area is 222 Å². The van der Waals surface area contributed by atoms with Crippen LogP contribution in [-0.2, 0) is 11.3 Å². The molecule has 2 aromatic carbocycles. The molecular weight excluding hydrogens is 480 g/mol. The average molecular weight is 513 g/mol. The lowest BCUT2D eigenvalue weighted by Gasteiger charge is -2.35. The van der Waals surface area contributed by atoms with Crippen molar-refractivity contribution in [3.8, 4) is 17.2 Å². The summed E-state index contributed by atoms with van der Waals surface area (Å²) in [4.78, 5) is 22.7. The van der Waals surface area contributed by atoms with Crippen molar-refractivity contribution in [2.45, 2.75) is 25.8 Å². The van der Waals surface area contributed by atoms with Crippen LogP contribution in [0.2, 0.25) is 0 Å². The molecule has 1 fully saturated rings. The number of imidazole rings is 1. The third-order valence-electron chi connectivity index (χ3n) is 7.56. The first-order chi connectivity index (χ1) is 18.6. The molecular formula is C30H32N4O4. The van der Waals surface area contributed by atoms with Gasteiger partial charge >= 0.3 is 0 Å². The Morgan fingerprint density at radius 1 is 1.03 bits per heavy atom. The number of aromatic nitrogens is 2. The number of benzene rings is 2. The van der Waals surface area contributed by atoms with Gasteiger partial charge in [0.1, 0.15) is 11.4 Å². The van der Waals surface area contributed by atoms with E-state index in [9.17, 15) is 4.79 Å². The minimum atomic E-state index is -0.138. The van der Waals surface area contributed by atoms with E-state index in [4.69, 9.17) is 14.2 Å². The second-order valence-electron chi connectivity index (χ2n) is 9.95. The van der Waals surface area contributed by atoms with Crippen LogP contribution >= 0.6 is 0 Å². The SMILES string of the molecule is COc1cccc(C(CC(=O)N2CCN(Cc3ccc4c(c3)OCO4)CC2)c2cnc3c(C)cccn23)c1. The van der Waals surface area contributed by atoms with E-state index >= 15 is 0 Å². The van der Waals surface area contributed by atoms with E-state index in [0.717, 1.165) is 59.4 Å². The van der Waals surface area contributed by atoms with Crippen molar-refractivity contribution in [1.29, 1.82) is 0 Å². The third-order valence-corrected chi connectivity index (χ3v) is 7.56. The van der Waals surface area contributed by atoms with Gasteiger partial charge in [0.15, 0.2) is 11.5 Å². The van der Waals surface area contributed by atoms with E-state index in [-0.39, 0.29) is 18.6 Å². The van der Waals surface area contributed by atoms with Crippen LogP contribution in [0.5, 0.6) is 17.2 Å². The lowest BCUT2D eigenvalue weighted by Crippen LogP contribution is -2.48.